The van der Waals surface area contributed by atoms with Gasteiger partial charge in [0.15, 0.2) is 11.6 Å². The quantitative estimate of drug-likeness (QED) is 0.605. The molecule has 4 heterocycles. The highest BCUT2D eigenvalue weighted by molar-refractivity contribution is 6.03. The van der Waals surface area contributed by atoms with Gasteiger partial charge in [0.05, 0.1) is 11.6 Å². The summed E-state index contributed by atoms with van der Waals surface area (Å²) in [5, 5.41) is 13.7. The first-order valence-electron chi connectivity index (χ1n) is 12.3. The molecule has 3 aliphatic heterocycles. The number of nitrogens with zero attached hydrogens (tertiary/aromatic N) is 4. The molecule has 2 amide bonds. The first kappa shape index (κ1) is 24.9. The Morgan fingerprint density at radius 1 is 1.24 bits per heavy atom. The standard InChI is InChI=1S/C26H29F2N5O4/c1-4-19(35)31-10-11-33-15(12-31)13-37-24-21(26(33)36)25(32-9-8-17(29-3)14(32)2)30-23(22(24)28)20-16(27)6-5-7-18(20)34/h4-7,14-15,17,29,34H,1,8-13H2,2-3H3/t14-,15?,17?/m0/s1. The lowest BCUT2D eigenvalue weighted by molar-refractivity contribution is -0.128. The number of anilines is 1. The van der Waals surface area contributed by atoms with Crippen molar-refractivity contribution in [1.29, 1.82) is 0 Å². The normalized spacial score (nSPS) is 23.3. The third kappa shape index (κ3) is 4.07. The number of fused-ring (bicyclic) bond motifs is 2. The zero-order valence-corrected chi connectivity index (χ0v) is 20.7. The van der Waals surface area contributed by atoms with Crippen molar-refractivity contribution in [3.05, 3.63) is 48.1 Å². The fraction of sp³-hybridized carbons (Fsp3) is 0.423. The van der Waals surface area contributed by atoms with E-state index in [0.29, 0.717) is 13.1 Å². The van der Waals surface area contributed by atoms with Crippen LogP contribution in [0.15, 0.2) is 30.9 Å². The SMILES string of the molecule is C=CC(=O)N1CCN2C(=O)c3c(N4CCC(NC)[C@@H]4C)nc(-c4c(O)cccc4F)c(F)c3OCC2C1. The van der Waals surface area contributed by atoms with Crippen LogP contribution in [-0.2, 0) is 4.79 Å². The van der Waals surface area contributed by atoms with Gasteiger partial charge in [-0.05, 0) is 38.6 Å². The summed E-state index contributed by atoms with van der Waals surface area (Å²) in [6.07, 6.45) is 1.97. The van der Waals surface area contributed by atoms with E-state index in [1.54, 1.807) is 9.80 Å². The van der Waals surface area contributed by atoms with Crippen molar-refractivity contribution in [2.75, 3.05) is 44.7 Å². The van der Waals surface area contributed by atoms with Gasteiger partial charge in [0, 0.05) is 38.3 Å². The van der Waals surface area contributed by atoms with E-state index in [0.717, 1.165) is 12.5 Å². The summed E-state index contributed by atoms with van der Waals surface area (Å²) < 4.78 is 36.8. The molecule has 2 saturated heterocycles. The summed E-state index contributed by atoms with van der Waals surface area (Å²) in [4.78, 5) is 35.7. The lowest BCUT2D eigenvalue weighted by atomic mass is 10.0. The molecule has 2 N–H and O–H groups in total. The van der Waals surface area contributed by atoms with Gasteiger partial charge in [-0.3, -0.25) is 9.59 Å². The zero-order chi connectivity index (χ0) is 26.4. The summed E-state index contributed by atoms with van der Waals surface area (Å²) in [5.41, 5.74) is -0.867. The first-order valence-corrected chi connectivity index (χ1v) is 12.3. The number of phenolic OH excluding ortho intramolecular Hbond substituents is 1. The number of carbonyl (C=O) groups is 2. The number of rotatable bonds is 4. The van der Waals surface area contributed by atoms with Crippen LogP contribution in [-0.4, -0.2) is 89.7 Å². The maximum atomic E-state index is 16.1. The van der Waals surface area contributed by atoms with Crippen LogP contribution in [0.5, 0.6) is 11.5 Å². The van der Waals surface area contributed by atoms with Crippen molar-refractivity contribution in [1.82, 2.24) is 20.1 Å². The van der Waals surface area contributed by atoms with E-state index in [4.69, 9.17) is 4.74 Å². The van der Waals surface area contributed by atoms with Crippen molar-refractivity contribution >= 4 is 17.6 Å². The number of benzene rings is 1. The van der Waals surface area contributed by atoms with E-state index >= 15 is 4.39 Å². The van der Waals surface area contributed by atoms with Gasteiger partial charge in [-0.25, -0.2) is 13.8 Å². The number of aromatic nitrogens is 1. The van der Waals surface area contributed by atoms with Crippen LogP contribution in [0.25, 0.3) is 11.3 Å². The number of phenols is 1. The highest BCUT2D eigenvalue weighted by Gasteiger charge is 2.43. The lowest BCUT2D eigenvalue weighted by Crippen LogP contribution is -2.57. The number of halogens is 2. The van der Waals surface area contributed by atoms with Crippen LogP contribution in [0, 0.1) is 11.6 Å². The van der Waals surface area contributed by atoms with E-state index in [-0.39, 0.29) is 54.8 Å². The maximum Gasteiger partial charge on any atom is 0.262 e. The predicted molar refractivity (Wildman–Crippen MR) is 133 cm³/mol. The third-order valence-electron chi connectivity index (χ3n) is 7.57. The number of pyridine rings is 1. The van der Waals surface area contributed by atoms with Crippen LogP contribution in [0.3, 0.4) is 0 Å². The van der Waals surface area contributed by atoms with Gasteiger partial charge in [0.25, 0.3) is 5.91 Å². The second kappa shape index (κ2) is 9.62. The van der Waals surface area contributed by atoms with Crippen molar-refractivity contribution in [3.8, 4) is 22.8 Å². The van der Waals surface area contributed by atoms with Gasteiger partial charge in [0.2, 0.25) is 5.91 Å². The zero-order valence-electron chi connectivity index (χ0n) is 20.7. The van der Waals surface area contributed by atoms with Crippen LogP contribution < -0.4 is 15.0 Å². The summed E-state index contributed by atoms with van der Waals surface area (Å²) in [6, 6.07) is 3.13. The van der Waals surface area contributed by atoms with E-state index in [1.165, 1.54) is 18.2 Å². The first-order chi connectivity index (χ1) is 17.8. The molecule has 1 aromatic heterocycles. The molecule has 11 heteroatoms. The number of ether oxygens (including phenoxy) is 1. The number of carbonyl (C=O) groups excluding carboxylic acids is 2. The van der Waals surface area contributed by atoms with Gasteiger partial charge >= 0.3 is 0 Å². The molecule has 5 rings (SSSR count). The van der Waals surface area contributed by atoms with Crippen molar-refractivity contribution in [3.63, 3.8) is 0 Å². The van der Waals surface area contributed by atoms with Crippen molar-refractivity contribution < 1.29 is 28.2 Å². The fourth-order valence-corrected chi connectivity index (χ4v) is 5.52. The number of amides is 2. The second-order valence-electron chi connectivity index (χ2n) is 9.51. The average molecular weight is 514 g/mol. The number of piperazine rings is 1. The number of nitrogens with one attached hydrogen (secondary N) is 1. The molecule has 0 saturated carbocycles. The minimum atomic E-state index is -1.02. The topological polar surface area (TPSA) is 98.2 Å². The summed E-state index contributed by atoms with van der Waals surface area (Å²) >= 11 is 0. The molecule has 1 aromatic carbocycles. The van der Waals surface area contributed by atoms with Crippen molar-refractivity contribution in [2.24, 2.45) is 0 Å². The second-order valence-corrected chi connectivity index (χ2v) is 9.51. The highest BCUT2D eigenvalue weighted by Crippen LogP contribution is 2.43. The Balaban J connectivity index is 1.67. The summed E-state index contributed by atoms with van der Waals surface area (Å²) in [5.74, 6) is -3.23. The summed E-state index contributed by atoms with van der Waals surface area (Å²) in [7, 11) is 1.84. The maximum absolute atomic E-state index is 16.1. The molecular weight excluding hydrogens is 484 g/mol. The molecule has 2 unspecified atom stereocenters. The Kier molecular flexibility index (Phi) is 6.49. The largest absolute Gasteiger partial charge is 0.507 e. The van der Waals surface area contributed by atoms with Gasteiger partial charge in [-0.2, -0.15) is 0 Å². The Morgan fingerprint density at radius 3 is 2.70 bits per heavy atom. The number of hydrogen-bond acceptors (Lipinski definition) is 7. The van der Waals surface area contributed by atoms with Crippen LogP contribution in [0.1, 0.15) is 23.7 Å². The van der Waals surface area contributed by atoms with Crippen LogP contribution in [0.4, 0.5) is 14.6 Å². The molecule has 0 aliphatic carbocycles. The molecule has 0 spiro atoms. The molecule has 0 bridgehead atoms. The Hall–Kier alpha value is -3.73. The molecule has 3 aliphatic rings. The average Bonchev–Trinajstić information content (AvgIpc) is 3.19. The molecule has 0 radical (unpaired) electrons. The minimum absolute atomic E-state index is 0.0355. The smallest absolute Gasteiger partial charge is 0.262 e. The molecule has 9 nitrogen and oxygen atoms in total. The molecule has 2 fully saturated rings. The van der Waals surface area contributed by atoms with E-state index in [1.807, 2.05) is 18.9 Å². The number of aromatic hydroxyl groups is 1. The molecule has 3 atom stereocenters. The van der Waals surface area contributed by atoms with Crippen LogP contribution >= 0.6 is 0 Å². The van der Waals surface area contributed by atoms with Gasteiger partial charge in [-0.1, -0.05) is 12.6 Å². The monoisotopic (exact) mass is 513 g/mol. The summed E-state index contributed by atoms with van der Waals surface area (Å²) in [6.45, 7) is 6.69. The van der Waals surface area contributed by atoms with E-state index < -0.39 is 40.6 Å². The molecule has 2 aromatic rings. The van der Waals surface area contributed by atoms with Gasteiger partial charge < -0.3 is 29.9 Å². The number of likely N-dealkylation sites (N-methyl/N-ethyl adjacent to an activating group) is 1. The van der Waals surface area contributed by atoms with Crippen LogP contribution in [0.2, 0.25) is 0 Å². The fourth-order valence-electron chi connectivity index (χ4n) is 5.52. The molecule has 196 valence electrons. The lowest BCUT2D eigenvalue weighted by Gasteiger charge is -2.39. The van der Waals surface area contributed by atoms with Gasteiger partial charge in [0.1, 0.15) is 35.2 Å². The molecular formula is C26H29F2N5O4. The van der Waals surface area contributed by atoms with Gasteiger partial charge in [-0.15, -0.1) is 0 Å². The van der Waals surface area contributed by atoms with Crippen molar-refractivity contribution in [2.45, 2.75) is 31.5 Å². The number of hydrogen-bond donors (Lipinski definition) is 2. The predicted octanol–water partition coefficient (Wildman–Crippen LogP) is 2.15. The Labute approximate surface area is 213 Å². The highest BCUT2D eigenvalue weighted by atomic mass is 19.1. The van der Waals surface area contributed by atoms with E-state index in [2.05, 4.69) is 16.9 Å². The third-order valence-corrected chi connectivity index (χ3v) is 7.57. The molecule has 37 heavy (non-hydrogen) atoms. The van der Waals surface area contributed by atoms with E-state index in [9.17, 15) is 19.1 Å². The Bertz CT molecular complexity index is 1250. The minimum Gasteiger partial charge on any atom is -0.507 e. The Morgan fingerprint density at radius 2 is 2.03 bits per heavy atom.